The third-order valence-electron chi connectivity index (χ3n) is 3.28. The molecule has 0 aliphatic heterocycles. The van der Waals surface area contributed by atoms with Crippen LogP contribution in [0.15, 0.2) is 36.5 Å². The first-order valence-corrected chi connectivity index (χ1v) is 6.83. The normalized spacial score (nSPS) is 11.8. The molecule has 0 saturated heterocycles. The van der Waals surface area contributed by atoms with Crippen molar-refractivity contribution in [2.75, 3.05) is 10.6 Å². The van der Waals surface area contributed by atoms with Crippen LogP contribution >= 0.6 is 0 Å². The fourth-order valence-electron chi connectivity index (χ4n) is 2.03. The van der Waals surface area contributed by atoms with Crippen molar-refractivity contribution in [3.8, 4) is 0 Å². The van der Waals surface area contributed by atoms with E-state index in [1.165, 1.54) is 0 Å². The maximum atomic E-state index is 12.0. The average Bonchev–Trinajstić information content (AvgIpc) is 2.43. The molecule has 1 aromatic carbocycles. The fourth-order valence-corrected chi connectivity index (χ4v) is 2.03. The Morgan fingerprint density at radius 3 is 2.38 bits per heavy atom. The molecule has 5 heteroatoms. The van der Waals surface area contributed by atoms with Gasteiger partial charge in [-0.05, 0) is 50.1 Å². The molecular weight excluding hydrogens is 264 g/mol. The number of urea groups is 1. The number of pyridine rings is 1. The van der Waals surface area contributed by atoms with Crippen LogP contribution in [0.3, 0.4) is 0 Å². The summed E-state index contributed by atoms with van der Waals surface area (Å²) in [5, 5.41) is 5.62. The van der Waals surface area contributed by atoms with E-state index in [2.05, 4.69) is 15.6 Å². The maximum absolute atomic E-state index is 12.0. The second-order valence-corrected chi connectivity index (χ2v) is 5.08. The number of anilines is 2. The summed E-state index contributed by atoms with van der Waals surface area (Å²) in [7, 11) is 0. The van der Waals surface area contributed by atoms with Crippen molar-refractivity contribution in [2.24, 2.45) is 5.73 Å². The van der Waals surface area contributed by atoms with E-state index < -0.39 is 0 Å². The molecule has 1 unspecified atom stereocenters. The Kier molecular flexibility index (Phi) is 4.55. The Bertz CT molecular complexity index is 615. The molecule has 0 radical (unpaired) electrons. The molecular formula is C16H20N4O. The van der Waals surface area contributed by atoms with Crippen molar-refractivity contribution in [1.82, 2.24) is 4.98 Å². The van der Waals surface area contributed by atoms with Crippen molar-refractivity contribution in [1.29, 1.82) is 0 Å². The number of nitrogens with two attached hydrogens (primary N) is 1. The van der Waals surface area contributed by atoms with Gasteiger partial charge in [0, 0.05) is 17.9 Å². The molecule has 2 aromatic rings. The Morgan fingerprint density at radius 2 is 1.81 bits per heavy atom. The van der Waals surface area contributed by atoms with Gasteiger partial charge >= 0.3 is 6.03 Å². The van der Waals surface area contributed by atoms with Gasteiger partial charge < -0.3 is 16.4 Å². The van der Waals surface area contributed by atoms with Gasteiger partial charge in [-0.15, -0.1) is 0 Å². The number of rotatable bonds is 3. The number of nitrogens with one attached hydrogen (secondary N) is 2. The van der Waals surface area contributed by atoms with E-state index >= 15 is 0 Å². The van der Waals surface area contributed by atoms with E-state index in [4.69, 9.17) is 5.73 Å². The molecule has 21 heavy (non-hydrogen) atoms. The second kappa shape index (κ2) is 6.37. The molecule has 0 saturated carbocycles. The van der Waals surface area contributed by atoms with Crippen LogP contribution in [0.25, 0.3) is 0 Å². The summed E-state index contributed by atoms with van der Waals surface area (Å²) in [4.78, 5) is 16.2. The molecule has 1 atom stereocenters. The zero-order chi connectivity index (χ0) is 15.4. The van der Waals surface area contributed by atoms with Crippen LogP contribution in [0.2, 0.25) is 0 Å². The summed E-state index contributed by atoms with van der Waals surface area (Å²) < 4.78 is 0. The number of amides is 2. The van der Waals surface area contributed by atoms with Crippen molar-refractivity contribution in [2.45, 2.75) is 26.8 Å². The van der Waals surface area contributed by atoms with Gasteiger partial charge in [0.1, 0.15) is 0 Å². The van der Waals surface area contributed by atoms with Gasteiger partial charge in [-0.1, -0.05) is 12.1 Å². The molecule has 0 fully saturated rings. The molecule has 2 rings (SSSR count). The second-order valence-electron chi connectivity index (χ2n) is 5.08. The Balaban J connectivity index is 2.05. The summed E-state index contributed by atoms with van der Waals surface area (Å²) in [6.07, 6.45) is 1.72. The molecule has 5 nitrogen and oxygen atoms in total. The van der Waals surface area contributed by atoms with Crippen LogP contribution < -0.4 is 16.4 Å². The SMILES string of the molecule is Cc1ccnc(C)c1NC(=O)Nc1ccc(C(C)N)cc1. The van der Waals surface area contributed by atoms with E-state index in [1.54, 1.807) is 6.20 Å². The molecule has 4 N–H and O–H groups in total. The Hall–Kier alpha value is -2.40. The van der Waals surface area contributed by atoms with Crippen molar-refractivity contribution >= 4 is 17.4 Å². The van der Waals surface area contributed by atoms with Crippen LogP contribution in [0.4, 0.5) is 16.2 Å². The minimum Gasteiger partial charge on any atom is -0.324 e. The standard InChI is InChI=1S/C16H20N4O/c1-10-8-9-18-12(3)15(10)20-16(21)19-14-6-4-13(5-7-14)11(2)17/h4-9,11H,17H2,1-3H3,(H2,19,20,21). The first-order valence-electron chi connectivity index (χ1n) is 6.83. The minimum atomic E-state index is -0.289. The van der Waals surface area contributed by atoms with E-state index in [9.17, 15) is 4.79 Å². The van der Waals surface area contributed by atoms with Gasteiger partial charge in [-0.25, -0.2) is 4.79 Å². The number of benzene rings is 1. The third kappa shape index (κ3) is 3.79. The van der Waals surface area contributed by atoms with Crippen LogP contribution in [0, 0.1) is 13.8 Å². The van der Waals surface area contributed by atoms with Crippen molar-refractivity contribution in [3.63, 3.8) is 0 Å². The number of hydrogen-bond acceptors (Lipinski definition) is 3. The Labute approximate surface area is 124 Å². The monoisotopic (exact) mass is 284 g/mol. The van der Waals surface area contributed by atoms with Crippen molar-refractivity contribution in [3.05, 3.63) is 53.3 Å². The zero-order valence-electron chi connectivity index (χ0n) is 12.5. The maximum Gasteiger partial charge on any atom is 0.323 e. The summed E-state index contributed by atoms with van der Waals surface area (Å²) >= 11 is 0. The highest BCUT2D eigenvalue weighted by Gasteiger charge is 2.08. The lowest BCUT2D eigenvalue weighted by Gasteiger charge is -2.12. The molecule has 0 spiro atoms. The van der Waals surface area contributed by atoms with Crippen LogP contribution in [-0.4, -0.2) is 11.0 Å². The summed E-state index contributed by atoms with van der Waals surface area (Å²) in [5.74, 6) is 0. The quantitative estimate of drug-likeness (QED) is 0.808. The van der Waals surface area contributed by atoms with Gasteiger partial charge in [0.2, 0.25) is 0 Å². The van der Waals surface area contributed by atoms with E-state index in [1.807, 2.05) is 51.1 Å². The van der Waals surface area contributed by atoms with Gasteiger partial charge in [0.05, 0.1) is 11.4 Å². The first kappa shape index (κ1) is 15.0. The van der Waals surface area contributed by atoms with Crippen LogP contribution in [0.5, 0.6) is 0 Å². The lowest BCUT2D eigenvalue weighted by molar-refractivity contribution is 0.262. The van der Waals surface area contributed by atoms with Crippen LogP contribution in [-0.2, 0) is 0 Å². The number of carbonyl (C=O) groups excluding carboxylic acids is 1. The van der Waals surface area contributed by atoms with E-state index in [0.29, 0.717) is 0 Å². The number of hydrogen-bond donors (Lipinski definition) is 3. The minimum absolute atomic E-state index is 0.0198. The molecule has 0 aliphatic rings. The van der Waals surface area contributed by atoms with Gasteiger partial charge in [-0.2, -0.15) is 0 Å². The van der Waals surface area contributed by atoms with Gasteiger partial charge in [0.25, 0.3) is 0 Å². The molecule has 1 aromatic heterocycles. The smallest absolute Gasteiger partial charge is 0.323 e. The number of aromatic nitrogens is 1. The summed E-state index contributed by atoms with van der Waals surface area (Å²) in [6.45, 7) is 5.71. The van der Waals surface area contributed by atoms with Crippen LogP contribution in [0.1, 0.15) is 29.8 Å². The van der Waals surface area contributed by atoms with E-state index in [0.717, 1.165) is 28.2 Å². The average molecular weight is 284 g/mol. The number of nitrogens with zero attached hydrogens (tertiary/aromatic N) is 1. The number of aryl methyl sites for hydroxylation is 2. The highest BCUT2D eigenvalue weighted by Crippen LogP contribution is 2.18. The highest BCUT2D eigenvalue weighted by atomic mass is 16.2. The molecule has 2 amide bonds. The Morgan fingerprint density at radius 1 is 1.14 bits per heavy atom. The largest absolute Gasteiger partial charge is 0.324 e. The van der Waals surface area contributed by atoms with Crippen molar-refractivity contribution < 1.29 is 4.79 Å². The zero-order valence-corrected chi connectivity index (χ0v) is 12.5. The molecule has 0 aliphatic carbocycles. The highest BCUT2D eigenvalue weighted by molar-refractivity contribution is 6.00. The number of carbonyl (C=O) groups is 1. The molecule has 0 bridgehead atoms. The fraction of sp³-hybridized carbons (Fsp3) is 0.250. The summed E-state index contributed by atoms with van der Waals surface area (Å²) in [5.41, 5.74) is 10.0. The predicted octanol–water partition coefficient (Wildman–Crippen LogP) is 3.36. The van der Waals surface area contributed by atoms with Gasteiger partial charge in [-0.3, -0.25) is 4.98 Å². The van der Waals surface area contributed by atoms with Gasteiger partial charge in [0.15, 0.2) is 0 Å². The lowest BCUT2D eigenvalue weighted by atomic mass is 10.1. The first-order chi connectivity index (χ1) is 9.97. The lowest BCUT2D eigenvalue weighted by Crippen LogP contribution is -2.21. The molecule has 1 heterocycles. The third-order valence-corrected chi connectivity index (χ3v) is 3.28. The van der Waals surface area contributed by atoms with E-state index in [-0.39, 0.29) is 12.1 Å². The summed E-state index contributed by atoms with van der Waals surface area (Å²) in [6, 6.07) is 9.03. The topological polar surface area (TPSA) is 80.0 Å². The molecule has 110 valence electrons. The predicted molar refractivity (Wildman–Crippen MR) is 85.4 cm³/mol.